The summed E-state index contributed by atoms with van der Waals surface area (Å²) in [5, 5.41) is 9.15. The average molecular weight is 472 g/mol. The van der Waals surface area contributed by atoms with Gasteiger partial charge in [0.25, 0.3) is 6.02 Å². The third-order valence-electron chi connectivity index (χ3n) is 6.08. The quantitative estimate of drug-likeness (QED) is 0.503. The van der Waals surface area contributed by atoms with Gasteiger partial charge in [-0.15, -0.1) is 0 Å². The molecule has 0 bridgehead atoms. The zero-order valence-electron chi connectivity index (χ0n) is 18.3. The minimum atomic E-state index is -4.60. The predicted molar refractivity (Wildman–Crippen MR) is 116 cm³/mol. The molecule has 10 heteroatoms. The van der Waals surface area contributed by atoms with Crippen LogP contribution in [0.3, 0.4) is 0 Å². The molecule has 168 valence electrons. The number of benzene rings is 1. The van der Waals surface area contributed by atoms with Gasteiger partial charge in [-0.3, -0.25) is 0 Å². The second-order valence-electron chi connectivity index (χ2n) is 9.22. The molecule has 0 amide bonds. The van der Waals surface area contributed by atoms with Gasteiger partial charge in [0.15, 0.2) is 0 Å². The molecule has 2 heterocycles. The second-order valence-corrected chi connectivity index (χ2v) is 14.3. The molecule has 2 atom stereocenters. The molecule has 0 N–H and O–H groups in total. The van der Waals surface area contributed by atoms with Gasteiger partial charge in [-0.05, 0) is 48.8 Å². The van der Waals surface area contributed by atoms with Crippen molar-refractivity contribution in [2.45, 2.75) is 64.1 Å². The second kappa shape index (κ2) is 7.75. The fourth-order valence-electron chi connectivity index (χ4n) is 3.20. The van der Waals surface area contributed by atoms with E-state index in [0.717, 1.165) is 0 Å². The van der Waals surface area contributed by atoms with Crippen LogP contribution in [0.4, 0.5) is 18.9 Å². The Hall–Kier alpha value is -2.18. The summed E-state index contributed by atoms with van der Waals surface area (Å²) >= 11 is 6.18. The highest BCUT2D eigenvalue weighted by molar-refractivity contribution is 6.74. The zero-order valence-corrected chi connectivity index (χ0v) is 20.0. The maximum Gasteiger partial charge on any atom is 0.428 e. The Labute approximate surface area is 186 Å². The van der Waals surface area contributed by atoms with Crippen LogP contribution in [-0.4, -0.2) is 44.1 Å². The standard InChI is InChI=1S/C21H25ClF3N3O2Si/c1-12-14(8-7-13(11-26)16(12)22)27-19-28-10-9-15(30-31(5,6)20(2,3)4)17(28)18(29-19)21(23,24)25/h7-9,17-18H,10H2,1-6H3/b27-19-/t17-,18-/m0/s1. The number of nitrogens with zero attached hydrogens (tertiary/aromatic N) is 3. The van der Waals surface area contributed by atoms with E-state index in [2.05, 4.69) is 4.99 Å². The van der Waals surface area contributed by atoms with Crippen molar-refractivity contribution in [3.8, 4) is 6.07 Å². The van der Waals surface area contributed by atoms with Crippen molar-refractivity contribution in [3.63, 3.8) is 0 Å². The van der Waals surface area contributed by atoms with E-state index < -0.39 is 26.6 Å². The molecular weight excluding hydrogens is 447 g/mol. The molecule has 5 nitrogen and oxygen atoms in total. The lowest BCUT2D eigenvalue weighted by Gasteiger charge is -2.38. The van der Waals surface area contributed by atoms with Crippen LogP contribution in [0, 0.1) is 18.3 Å². The number of alkyl halides is 3. The summed E-state index contributed by atoms with van der Waals surface area (Å²) in [6.07, 6.45) is -5.00. The Kier molecular flexibility index (Phi) is 5.87. The predicted octanol–water partition coefficient (Wildman–Crippen LogP) is 6.06. The van der Waals surface area contributed by atoms with Crippen molar-refractivity contribution in [2.75, 3.05) is 6.54 Å². The van der Waals surface area contributed by atoms with Crippen LogP contribution in [0.15, 0.2) is 29.0 Å². The van der Waals surface area contributed by atoms with E-state index >= 15 is 0 Å². The maximum absolute atomic E-state index is 13.9. The highest BCUT2D eigenvalue weighted by atomic mass is 35.5. The lowest BCUT2D eigenvalue weighted by molar-refractivity contribution is -0.197. The van der Waals surface area contributed by atoms with Crippen molar-refractivity contribution in [2.24, 2.45) is 4.99 Å². The molecule has 2 aliphatic heterocycles. The molecule has 0 spiro atoms. The maximum atomic E-state index is 13.9. The van der Waals surface area contributed by atoms with Gasteiger partial charge in [0, 0.05) is 6.54 Å². The molecule has 0 saturated carbocycles. The molecular formula is C21H25ClF3N3O2Si. The van der Waals surface area contributed by atoms with E-state index in [1.807, 2.05) is 39.9 Å². The van der Waals surface area contributed by atoms with Crippen molar-refractivity contribution < 1.29 is 22.3 Å². The fraction of sp³-hybridized carbons (Fsp3) is 0.524. The van der Waals surface area contributed by atoms with Gasteiger partial charge in [0.05, 0.1) is 16.3 Å². The number of rotatable bonds is 3. The monoisotopic (exact) mass is 471 g/mol. The molecule has 1 fully saturated rings. The largest absolute Gasteiger partial charge is 0.545 e. The first-order valence-corrected chi connectivity index (χ1v) is 13.1. The van der Waals surface area contributed by atoms with Crippen LogP contribution in [0.25, 0.3) is 0 Å². The molecule has 0 aromatic heterocycles. The number of nitriles is 1. The van der Waals surface area contributed by atoms with E-state index in [4.69, 9.17) is 26.0 Å². The van der Waals surface area contributed by atoms with E-state index in [1.54, 1.807) is 19.1 Å². The topological polar surface area (TPSA) is 57.9 Å². The van der Waals surface area contributed by atoms with E-state index in [-0.39, 0.29) is 33.9 Å². The van der Waals surface area contributed by atoms with Gasteiger partial charge in [-0.1, -0.05) is 32.4 Å². The summed E-state index contributed by atoms with van der Waals surface area (Å²) in [6, 6.07) is 3.73. The first-order chi connectivity index (χ1) is 14.2. The van der Waals surface area contributed by atoms with Gasteiger partial charge < -0.3 is 14.1 Å². The van der Waals surface area contributed by atoms with Crippen LogP contribution in [0.5, 0.6) is 0 Å². The van der Waals surface area contributed by atoms with Crippen LogP contribution in [0.2, 0.25) is 23.2 Å². The third kappa shape index (κ3) is 4.28. The van der Waals surface area contributed by atoms with Crippen LogP contribution in [0.1, 0.15) is 31.9 Å². The molecule has 31 heavy (non-hydrogen) atoms. The van der Waals surface area contributed by atoms with Crippen molar-refractivity contribution in [1.29, 1.82) is 5.26 Å². The van der Waals surface area contributed by atoms with Gasteiger partial charge >= 0.3 is 6.18 Å². The van der Waals surface area contributed by atoms with Crippen LogP contribution >= 0.6 is 11.6 Å². The van der Waals surface area contributed by atoms with Crippen LogP contribution in [-0.2, 0) is 9.16 Å². The molecule has 1 aromatic carbocycles. The Bertz CT molecular complexity index is 993. The Morgan fingerprint density at radius 1 is 1.29 bits per heavy atom. The molecule has 1 aromatic rings. The first kappa shape index (κ1) is 23.5. The van der Waals surface area contributed by atoms with Gasteiger partial charge in [0.2, 0.25) is 14.4 Å². The molecule has 1 saturated heterocycles. The van der Waals surface area contributed by atoms with E-state index in [0.29, 0.717) is 11.3 Å². The third-order valence-corrected chi connectivity index (χ3v) is 10.9. The number of ether oxygens (including phenoxy) is 1. The molecule has 3 rings (SSSR count). The number of halogens is 4. The van der Waals surface area contributed by atoms with Crippen molar-refractivity contribution in [3.05, 3.63) is 40.1 Å². The summed E-state index contributed by atoms with van der Waals surface area (Å²) in [5.41, 5.74) is 1.11. The number of aliphatic imine (C=N–C) groups is 1. The molecule has 0 unspecified atom stereocenters. The minimum absolute atomic E-state index is 0.138. The van der Waals surface area contributed by atoms with E-state index in [1.165, 1.54) is 11.0 Å². The normalized spacial score (nSPS) is 22.8. The SMILES string of the molecule is Cc1c(/N=C2\O[C@H](C(F)(F)F)[C@@H]3C(O[Si](C)(C)C(C)(C)C)=CCN23)ccc(C#N)c1Cl. The van der Waals surface area contributed by atoms with Crippen molar-refractivity contribution >= 4 is 31.6 Å². The van der Waals surface area contributed by atoms with Gasteiger partial charge in [-0.2, -0.15) is 23.4 Å². The van der Waals surface area contributed by atoms with E-state index in [9.17, 15) is 13.2 Å². The first-order valence-electron chi connectivity index (χ1n) is 9.84. The summed E-state index contributed by atoms with van der Waals surface area (Å²) in [5.74, 6) is 0.286. The highest BCUT2D eigenvalue weighted by Crippen LogP contribution is 2.44. The summed E-state index contributed by atoms with van der Waals surface area (Å²) in [6.45, 7) is 11.9. The summed E-state index contributed by atoms with van der Waals surface area (Å²) in [4.78, 5) is 5.79. The molecule has 2 aliphatic rings. The zero-order chi connectivity index (χ0) is 23.4. The minimum Gasteiger partial charge on any atom is -0.545 e. The Morgan fingerprint density at radius 3 is 2.48 bits per heavy atom. The lowest BCUT2D eigenvalue weighted by atomic mass is 10.1. The van der Waals surface area contributed by atoms with Gasteiger partial charge in [-0.25, -0.2) is 0 Å². The summed E-state index contributed by atoms with van der Waals surface area (Å²) < 4.78 is 53.1. The average Bonchev–Trinajstić information content (AvgIpc) is 3.19. The number of hydrogen-bond acceptors (Lipinski definition) is 4. The number of amidine groups is 1. The molecule has 0 aliphatic carbocycles. The Balaban J connectivity index is 1.98. The number of hydrogen-bond donors (Lipinski definition) is 0. The molecule has 0 radical (unpaired) electrons. The summed E-state index contributed by atoms with van der Waals surface area (Å²) in [7, 11) is -2.35. The highest BCUT2D eigenvalue weighted by Gasteiger charge is 2.59. The van der Waals surface area contributed by atoms with Gasteiger partial charge in [0.1, 0.15) is 17.9 Å². The number of fused-ring (bicyclic) bond motifs is 1. The smallest absolute Gasteiger partial charge is 0.428 e. The van der Waals surface area contributed by atoms with Crippen LogP contribution < -0.4 is 0 Å². The Morgan fingerprint density at radius 2 is 1.94 bits per heavy atom. The fourth-order valence-corrected chi connectivity index (χ4v) is 4.50. The van der Waals surface area contributed by atoms with Crippen molar-refractivity contribution in [1.82, 2.24) is 4.90 Å². The lowest BCUT2D eigenvalue weighted by Crippen LogP contribution is -2.46.